The number of nitrogens with zero attached hydrogens (tertiary/aromatic N) is 1. The third kappa shape index (κ3) is 63.0. The average Bonchev–Trinajstić information content (AvgIpc) is 3.42. The maximum atomic E-state index is 13.0. The first-order chi connectivity index (χ1) is 39.0. The van der Waals surface area contributed by atoms with Crippen molar-refractivity contribution in [3.8, 4) is 0 Å². The zero-order chi connectivity index (χ0) is 58.4. The minimum atomic E-state index is -4.36. The Kier molecular flexibility index (Phi) is 59.0. The molecule has 0 saturated heterocycles. The molecule has 0 radical (unpaired) electrons. The number of quaternary nitrogens is 1. The normalized spacial score (nSPS) is 14.3. The predicted octanol–water partition coefficient (Wildman–Crippen LogP) is 21.3. The Morgan fingerprint density at radius 3 is 1.10 bits per heavy atom. The summed E-state index contributed by atoms with van der Waals surface area (Å²) in [6.07, 6.45) is 88.2. The minimum Gasteiger partial charge on any atom is -0.387 e. The van der Waals surface area contributed by atoms with E-state index in [1.54, 1.807) is 6.08 Å². The number of hydrogen-bond acceptors (Lipinski definition) is 5. The Bertz CT molecular complexity index is 1620. The molecule has 3 atom stereocenters. The Labute approximate surface area is 496 Å². The van der Waals surface area contributed by atoms with E-state index >= 15 is 0 Å². The van der Waals surface area contributed by atoms with Crippen molar-refractivity contribution < 1.29 is 32.9 Å². The molecule has 0 aromatic carbocycles. The molecule has 0 fully saturated rings. The van der Waals surface area contributed by atoms with E-state index in [0.29, 0.717) is 17.4 Å². The first kappa shape index (κ1) is 77.4. The molecule has 0 aliphatic heterocycles. The van der Waals surface area contributed by atoms with Crippen molar-refractivity contribution in [1.29, 1.82) is 0 Å². The van der Waals surface area contributed by atoms with Crippen LogP contribution in [-0.2, 0) is 18.4 Å². The molecule has 0 rings (SSSR count). The van der Waals surface area contributed by atoms with Crippen LogP contribution < -0.4 is 5.32 Å². The summed E-state index contributed by atoms with van der Waals surface area (Å²) in [6, 6.07) is -0.858. The first-order valence-electron chi connectivity index (χ1n) is 33.6. The van der Waals surface area contributed by atoms with Gasteiger partial charge in [-0.05, 0) is 77.0 Å². The molecule has 0 aliphatic rings. The molecule has 9 heteroatoms. The molecule has 80 heavy (non-hydrogen) atoms. The molecule has 0 spiro atoms. The number of phosphoric acid groups is 1. The second kappa shape index (κ2) is 61.0. The molecule has 0 bridgehead atoms. The molecule has 0 aliphatic carbocycles. The number of unbranched alkanes of at least 4 members (excludes halogenated alkanes) is 34. The quantitative estimate of drug-likeness (QED) is 0.0243. The van der Waals surface area contributed by atoms with Crippen LogP contribution in [0.25, 0.3) is 0 Å². The second-order valence-electron chi connectivity index (χ2n) is 23.8. The Hall–Kier alpha value is -2.58. The summed E-state index contributed by atoms with van der Waals surface area (Å²) in [7, 11) is 1.56. The van der Waals surface area contributed by atoms with Gasteiger partial charge in [-0.25, -0.2) is 4.57 Å². The van der Waals surface area contributed by atoms with Crippen LogP contribution in [0.4, 0.5) is 0 Å². The van der Waals surface area contributed by atoms with Gasteiger partial charge in [-0.2, -0.15) is 0 Å². The predicted molar refractivity (Wildman–Crippen MR) is 350 cm³/mol. The van der Waals surface area contributed by atoms with Crippen molar-refractivity contribution in [2.24, 2.45) is 0 Å². The van der Waals surface area contributed by atoms with Gasteiger partial charge in [0.05, 0.1) is 39.9 Å². The van der Waals surface area contributed by atoms with Gasteiger partial charge < -0.3 is 19.8 Å². The van der Waals surface area contributed by atoms with Crippen LogP contribution in [0.3, 0.4) is 0 Å². The molecular formula is C71H130N2O6P+. The zero-order valence-electron chi connectivity index (χ0n) is 53.0. The number of rotatable bonds is 61. The summed E-state index contributed by atoms with van der Waals surface area (Å²) >= 11 is 0. The van der Waals surface area contributed by atoms with E-state index in [2.05, 4.69) is 104 Å². The van der Waals surface area contributed by atoms with E-state index in [1.807, 2.05) is 27.2 Å². The van der Waals surface area contributed by atoms with Crippen LogP contribution in [0.1, 0.15) is 296 Å². The van der Waals surface area contributed by atoms with E-state index in [9.17, 15) is 19.4 Å². The van der Waals surface area contributed by atoms with E-state index in [0.717, 1.165) is 89.9 Å². The van der Waals surface area contributed by atoms with Gasteiger partial charge in [0.2, 0.25) is 5.91 Å². The van der Waals surface area contributed by atoms with Crippen LogP contribution in [0.2, 0.25) is 0 Å². The number of aliphatic hydroxyl groups excluding tert-OH is 1. The van der Waals surface area contributed by atoms with E-state index < -0.39 is 20.0 Å². The number of carbonyl (C=O) groups excluding carboxylic acids is 1. The molecule has 0 heterocycles. The lowest BCUT2D eigenvalue weighted by Gasteiger charge is -2.25. The van der Waals surface area contributed by atoms with Gasteiger partial charge in [-0.15, -0.1) is 0 Å². The maximum Gasteiger partial charge on any atom is 0.472 e. The molecule has 0 aromatic rings. The van der Waals surface area contributed by atoms with Crippen molar-refractivity contribution in [1.82, 2.24) is 5.32 Å². The van der Waals surface area contributed by atoms with Gasteiger partial charge in [0.15, 0.2) is 0 Å². The molecule has 1 amide bonds. The monoisotopic (exact) mass is 1140 g/mol. The second-order valence-corrected chi connectivity index (χ2v) is 25.3. The SMILES string of the molecule is CC/C=C\C/C=C\C/C=C\C/C=C\C/C=C\C/C=C\C/C=C\CCCCCCCCCCCC(=O)NC(COP(=O)(O)OCC[N+](C)(C)C)C(O)/C=C/CCCCCCCCCCCCCCCCCCCCCCCCCCC. The van der Waals surface area contributed by atoms with Gasteiger partial charge in [0, 0.05) is 6.42 Å². The van der Waals surface area contributed by atoms with Gasteiger partial charge in [0.1, 0.15) is 13.2 Å². The highest BCUT2D eigenvalue weighted by Crippen LogP contribution is 2.43. The van der Waals surface area contributed by atoms with Gasteiger partial charge in [-0.3, -0.25) is 13.8 Å². The van der Waals surface area contributed by atoms with Crippen LogP contribution in [0.15, 0.2) is 97.2 Å². The number of aliphatic hydroxyl groups is 1. The van der Waals surface area contributed by atoms with Crippen LogP contribution in [0, 0.1) is 0 Å². The highest BCUT2D eigenvalue weighted by atomic mass is 31.2. The Morgan fingerprint density at radius 2 is 0.750 bits per heavy atom. The third-order valence-electron chi connectivity index (χ3n) is 14.8. The minimum absolute atomic E-state index is 0.0564. The standard InChI is InChI=1S/C71H129N2O6P/c1-6-8-10-12-14-16-18-20-22-24-26-28-30-32-34-35-36-37-39-41-43-45-47-49-51-53-55-57-59-61-63-65-71(75)72-69(68-79-80(76,77)78-67-66-73(3,4)5)70(74)64-62-60-58-56-54-52-50-48-46-44-42-40-38-33-31-29-27-25-23-21-19-17-15-13-11-9-7-2/h8,10,14,16,20,22,26,28,32,34,36-37,41,43,62,64,69-70,74H,6-7,9,11-13,15,17-19,21,23-25,27,29-31,33,35,38-40,42,44-61,63,65-68H2,1-5H3,(H-,72,75,76,77)/p+1/b10-8-,16-14-,22-20-,28-26-,34-32-,37-36-,43-41-,64-62+. The zero-order valence-corrected chi connectivity index (χ0v) is 53.9. The molecule has 8 nitrogen and oxygen atoms in total. The summed E-state index contributed by atoms with van der Waals surface area (Å²) in [5, 5.41) is 14.0. The topological polar surface area (TPSA) is 105 Å². The fraction of sp³-hybridized carbons (Fsp3) is 0.761. The number of amides is 1. The molecule has 464 valence electrons. The first-order valence-corrected chi connectivity index (χ1v) is 35.1. The number of nitrogens with one attached hydrogen (secondary N) is 1. The van der Waals surface area contributed by atoms with Gasteiger partial charge in [0.25, 0.3) is 0 Å². The maximum absolute atomic E-state index is 13.0. The van der Waals surface area contributed by atoms with E-state index in [4.69, 9.17) is 9.05 Å². The Balaban J connectivity index is 4.16. The van der Waals surface area contributed by atoms with Crippen molar-refractivity contribution in [3.63, 3.8) is 0 Å². The number of hydrogen-bond donors (Lipinski definition) is 3. The fourth-order valence-electron chi connectivity index (χ4n) is 9.61. The summed E-state index contributed by atoms with van der Waals surface area (Å²) in [4.78, 5) is 23.4. The average molecular weight is 1140 g/mol. The molecule has 0 saturated carbocycles. The molecule has 3 N–H and O–H groups in total. The Morgan fingerprint density at radius 1 is 0.438 bits per heavy atom. The molecular weight excluding hydrogens is 1010 g/mol. The van der Waals surface area contributed by atoms with Crippen molar-refractivity contribution in [3.05, 3.63) is 97.2 Å². The lowest BCUT2D eigenvalue weighted by molar-refractivity contribution is -0.870. The largest absolute Gasteiger partial charge is 0.472 e. The number of allylic oxidation sites excluding steroid dienone is 15. The van der Waals surface area contributed by atoms with Crippen LogP contribution in [0.5, 0.6) is 0 Å². The number of carbonyl (C=O) groups is 1. The summed E-state index contributed by atoms with van der Waals surface area (Å²) in [5.74, 6) is -0.184. The van der Waals surface area contributed by atoms with E-state index in [-0.39, 0.29) is 19.1 Å². The van der Waals surface area contributed by atoms with Crippen LogP contribution >= 0.6 is 7.82 Å². The van der Waals surface area contributed by atoms with Crippen molar-refractivity contribution in [2.45, 2.75) is 309 Å². The van der Waals surface area contributed by atoms with E-state index in [1.165, 1.54) is 186 Å². The summed E-state index contributed by atoms with van der Waals surface area (Å²) in [5.41, 5.74) is 0. The highest BCUT2D eigenvalue weighted by Gasteiger charge is 2.28. The number of likely N-dealkylation sites (N-methyl/N-ethyl adjacent to an activating group) is 1. The van der Waals surface area contributed by atoms with Crippen molar-refractivity contribution in [2.75, 3.05) is 40.9 Å². The summed E-state index contributed by atoms with van der Waals surface area (Å²) < 4.78 is 23.8. The van der Waals surface area contributed by atoms with Gasteiger partial charge in [-0.1, -0.05) is 310 Å². The summed E-state index contributed by atoms with van der Waals surface area (Å²) in [6.45, 7) is 4.72. The lowest BCUT2D eigenvalue weighted by atomic mass is 10.0. The third-order valence-corrected chi connectivity index (χ3v) is 15.8. The van der Waals surface area contributed by atoms with Gasteiger partial charge >= 0.3 is 7.82 Å². The number of phosphoric ester groups is 1. The fourth-order valence-corrected chi connectivity index (χ4v) is 10.3. The lowest BCUT2D eigenvalue weighted by Crippen LogP contribution is -2.45. The van der Waals surface area contributed by atoms with Crippen molar-refractivity contribution >= 4 is 13.7 Å². The molecule has 0 aromatic heterocycles. The van der Waals surface area contributed by atoms with Crippen LogP contribution in [-0.4, -0.2) is 73.4 Å². The molecule has 3 unspecified atom stereocenters. The highest BCUT2D eigenvalue weighted by molar-refractivity contribution is 7.47. The smallest absolute Gasteiger partial charge is 0.387 e.